The maximum absolute atomic E-state index is 11.0. The van der Waals surface area contributed by atoms with E-state index in [0.717, 1.165) is 5.56 Å². The molecule has 0 fully saturated rings. The molecule has 0 aliphatic carbocycles. The first-order valence-electron chi connectivity index (χ1n) is 4.87. The molecule has 0 heterocycles. The minimum Gasteiger partial charge on any atom is -0.446 e. The fourth-order valence-electron chi connectivity index (χ4n) is 1.04. The highest BCUT2D eigenvalue weighted by atomic mass is 16.6. The lowest BCUT2D eigenvalue weighted by Crippen LogP contribution is -2.21. The van der Waals surface area contributed by atoms with Gasteiger partial charge in [-0.15, -0.1) is 0 Å². The quantitative estimate of drug-likeness (QED) is 0.592. The van der Waals surface area contributed by atoms with Crippen LogP contribution in [0.5, 0.6) is 0 Å². The van der Waals surface area contributed by atoms with Crippen LogP contribution in [0.4, 0.5) is 4.79 Å². The summed E-state index contributed by atoms with van der Waals surface area (Å²) in [5.74, 6) is 0. The molecule has 1 aromatic rings. The molecule has 0 aliphatic rings. The minimum atomic E-state index is -0.677. The van der Waals surface area contributed by atoms with E-state index in [1.54, 1.807) is 6.92 Å². The molecule has 0 spiro atoms. The molecule has 0 bridgehead atoms. The Kier molecular flexibility index (Phi) is 5.01. The van der Waals surface area contributed by atoms with E-state index in [0.29, 0.717) is 5.71 Å². The van der Waals surface area contributed by atoms with E-state index in [2.05, 4.69) is 15.3 Å². The van der Waals surface area contributed by atoms with Crippen molar-refractivity contribution in [2.75, 3.05) is 13.2 Å². The van der Waals surface area contributed by atoms with Crippen molar-refractivity contribution in [1.29, 1.82) is 0 Å². The third-order valence-corrected chi connectivity index (χ3v) is 1.83. The zero-order chi connectivity index (χ0) is 11.8. The molecule has 0 unspecified atom stereocenters. The number of nitrogens with one attached hydrogen (secondary N) is 1. The largest absolute Gasteiger partial charge is 0.446 e. The topological polar surface area (TPSA) is 70.9 Å². The van der Waals surface area contributed by atoms with Gasteiger partial charge in [0.05, 0.1) is 12.3 Å². The predicted octanol–water partition coefficient (Wildman–Crippen LogP) is 1.13. The van der Waals surface area contributed by atoms with E-state index in [1.807, 2.05) is 30.3 Å². The number of aliphatic hydroxyl groups is 1. The number of amides is 1. The highest BCUT2D eigenvalue weighted by molar-refractivity contribution is 5.98. The molecule has 2 N–H and O–H groups in total. The average molecular weight is 222 g/mol. The van der Waals surface area contributed by atoms with Crippen molar-refractivity contribution in [3.63, 3.8) is 0 Å². The molecule has 1 aromatic carbocycles. The highest BCUT2D eigenvalue weighted by Gasteiger charge is 2.00. The maximum atomic E-state index is 11.0. The van der Waals surface area contributed by atoms with Crippen LogP contribution < -0.4 is 5.43 Å². The van der Waals surface area contributed by atoms with Crippen molar-refractivity contribution >= 4 is 11.8 Å². The summed E-state index contributed by atoms with van der Waals surface area (Å²) in [6, 6.07) is 9.45. The lowest BCUT2D eigenvalue weighted by atomic mass is 10.1. The van der Waals surface area contributed by atoms with Gasteiger partial charge in [0, 0.05) is 0 Å². The van der Waals surface area contributed by atoms with Gasteiger partial charge in [-0.1, -0.05) is 30.3 Å². The van der Waals surface area contributed by atoms with Gasteiger partial charge in [-0.3, -0.25) is 0 Å². The SMILES string of the molecule is CC(=NNC(=O)OCCO)c1ccccc1. The van der Waals surface area contributed by atoms with Gasteiger partial charge in [-0.25, -0.2) is 10.2 Å². The number of hydrazone groups is 1. The molecule has 1 rings (SSSR count). The van der Waals surface area contributed by atoms with Crippen molar-refractivity contribution < 1.29 is 14.6 Å². The Hall–Kier alpha value is -1.88. The zero-order valence-electron chi connectivity index (χ0n) is 9.01. The number of carbonyl (C=O) groups excluding carboxylic acids is 1. The van der Waals surface area contributed by atoms with Crippen molar-refractivity contribution in [1.82, 2.24) is 5.43 Å². The average Bonchev–Trinajstić information content (AvgIpc) is 2.34. The van der Waals surface area contributed by atoms with Gasteiger partial charge in [0.2, 0.25) is 0 Å². The number of ether oxygens (including phenoxy) is 1. The Morgan fingerprint density at radius 3 is 2.75 bits per heavy atom. The van der Waals surface area contributed by atoms with Gasteiger partial charge in [0.15, 0.2) is 0 Å². The number of carbonyl (C=O) groups is 1. The second kappa shape index (κ2) is 6.58. The molecule has 0 saturated carbocycles. The maximum Gasteiger partial charge on any atom is 0.427 e. The second-order valence-electron chi connectivity index (χ2n) is 3.03. The normalized spacial score (nSPS) is 11.0. The summed E-state index contributed by atoms with van der Waals surface area (Å²) in [5, 5.41) is 12.3. The fraction of sp³-hybridized carbons (Fsp3) is 0.273. The van der Waals surface area contributed by atoms with Crippen LogP contribution in [0.1, 0.15) is 12.5 Å². The van der Waals surface area contributed by atoms with Gasteiger partial charge in [-0.2, -0.15) is 5.10 Å². The van der Waals surface area contributed by atoms with Crippen molar-refractivity contribution in [2.45, 2.75) is 6.92 Å². The number of aliphatic hydroxyl groups excluding tert-OH is 1. The standard InChI is InChI=1S/C11H14N2O3/c1-9(10-5-3-2-4-6-10)12-13-11(15)16-8-7-14/h2-6,14H,7-8H2,1H3,(H,13,15). The molecule has 0 atom stereocenters. The number of hydrogen-bond acceptors (Lipinski definition) is 4. The van der Waals surface area contributed by atoms with Crippen LogP contribution in [-0.4, -0.2) is 30.1 Å². The van der Waals surface area contributed by atoms with E-state index in [9.17, 15) is 4.79 Å². The van der Waals surface area contributed by atoms with Crippen LogP contribution in [-0.2, 0) is 4.74 Å². The van der Waals surface area contributed by atoms with Gasteiger partial charge in [0.25, 0.3) is 0 Å². The van der Waals surface area contributed by atoms with Crippen LogP contribution in [0.25, 0.3) is 0 Å². The van der Waals surface area contributed by atoms with E-state index in [-0.39, 0.29) is 13.2 Å². The van der Waals surface area contributed by atoms with Crippen LogP contribution in [0.3, 0.4) is 0 Å². The van der Waals surface area contributed by atoms with Gasteiger partial charge in [0.1, 0.15) is 6.61 Å². The Balaban J connectivity index is 2.48. The summed E-state index contributed by atoms with van der Waals surface area (Å²) >= 11 is 0. The summed E-state index contributed by atoms with van der Waals surface area (Å²) in [6.07, 6.45) is -0.677. The van der Waals surface area contributed by atoms with Crippen molar-refractivity contribution in [3.8, 4) is 0 Å². The van der Waals surface area contributed by atoms with Crippen molar-refractivity contribution in [3.05, 3.63) is 35.9 Å². The Labute approximate surface area is 93.7 Å². The molecular formula is C11H14N2O3. The molecule has 1 amide bonds. The van der Waals surface area contributed by atoms with Crippen LogP contribution in [0.15, 0.2) is 35.4 Å². The lowest BCUT2D eigenvalue weighted by molar-refractivity contribution is 0.119. The molecule has 86 valence electrons. The minimum absolute atomic E-state index is 0.0360. The third kappa shape index (κ3) is 4.10. The number of rotatable bonds is 4. The molecule has 0 radical (unpaired) electrons. The fourth-order valence-corrected chi connectivity index (χ4v) is 1.04. The van der Waals surface area contributed by atoms with Gasteiger partial charge >= 0.3 is 6.09 Å². The monoisotopic (exact) mass is 222 g/mol. The van der Waals surface area contributed by atoms with Crippen molar-refractivity contribution in [2.24, 2.45) is 5.10 Å². The van der Waals surface area contributed by atoms with Gasteiger partial charge < -0.3 is 9.84 Å². The third-order valence-electron chi connectivity index (χ3n) is 1.83. The Bertz CT molecular complexity index is 363. The molecule has 0 saturated heterocycles. The van der Waals surface area contributed by atoms with Gasteiger partial charge in [-0.05, 0) is 12.5 Å². The predicted molar refractivity (Wildman–Crippen MR) is 60.2 cm³/mol. The second-order valence-corrected chi connectivity index (χ2v) is 3.03. The van der Waals surface area contributed by atoms with E-state index >= 15 is 0 Å². The van der Waals surface area contributed by atoms with Crippen LogP contribution >= 0.6 is 0 Å². The molecule has 0 aliphatic heterocycles. The summed E-state index contributed by atoms with van der Waals surface area (Å²) in [5.41, 5.74) is 3.83. The van der Waals surface area contributed by atoms with Crippen LogP contribution in [0, 0.1) is 0 Å². The molecule has 5 heteroatoms. The lowest BCUT2D eigenvalue weighted by Gasteiger charge is -2.03. The molecule has 5 nitrogen and oxygen atoms in total. The van der Waals surface area contributed by atoms with E-state index in [4.69, 9.17) is 5.11 Å². The smallest absolute Gasteiger partial charge is 0.427 e. The Morgan fingerprint density at radius 2 is 2.12 bits per heavy atom. The molecule has 0 aromatic heterocycles. The number of hydrogen-bond donors (Lipinski definition) is 2. The van der Waals surface area contributed by atoms with Crippen LogP contribution in [0.2, 0.25) is 0 Å². The highest BCUT2D eigenvalue weighted by Crippen LogP contribution is 1.99. The zero-order valence-corrected chi connectivity index (χ0v) is 9.01. The summed E-state index contributed by atoms with van der Waals surface area (Å²) in [7, 11) is 0. The van der Waals surface area contributed by atoms with E-state index in [1.165, 1.54) is 0 Å². The summed E-state index contributed by atoms with van der Waals surface area (Å²) in [4.78, 5) is 11.0. The summed E-state index contributed by atoms with van der Waals surface area (Å²) in [6.45, 7) is 1.54. The number of benzene rings is 1. The number of nitrogens with zero attached hydrogens (tertiary/aromatic N) is 1. The molecule has 16 heavy (non-hydrogen) atoms. The molecular weight excluding hydrogens is 208 g/mol. The Morgan fingerprint density at radius 1 is 1.44 bits per heavy atom. The first kappa shape index (κ1) is 12.2. The first-order chi connectivity index (χ1) is 7.74. The first-order valence-corrected chi connectivity index (χ1v) is 4.87. The van der Waals surface area contributed by atoms with E-state index < -0.39 is 6.09 Å². The summed E-state index contributed by atoms with van der Waals surface area (Å²) < 4.78 is 4.57.